The third-order valence-corrected chi connectivity index (χ3v) is 6.02. The van der Waals surface area contributed by atoms with Crippen LogP contribution in [-0.4, -0.2) is 58.8 Å². The van der Waals surface area contributed by atoms with Crippen molar-refractivity contribution in [3.05, 3.63) is 51.2 Å². The van der Waals surface area contributed by atoms with Gasteiger partial charge in [-0.2, -0.15) is 0 Å². The van der Waals surface area contributed by atoms with Crippen LogP contribution in [0.2, 0.25) is 0 Å². The highest BCUT2D eigenvalue weighted by Gasteiger charge is 2.43. The van der Waals surface area contributed by atoms with Crippen molar-refractivity contribution in [1.82, 2.24) is 5.32 Å². The lowest BCUT2D eigenvalue weighted by atomic mass is 9.75. The lowest BCUT2D eigenvalue weighted by molar-refractivity contribution is -0.384. The zero-order chi connectivity index (χ0) is 31.3. The molecule has 1 heterocycles. The quantitative estimate of drug-likeness (QED) is 0.198. The van der Waals surface area contributed by atoms with Crippen LogP contribution in [0.3, 0.4) is 0 Å². The van der Waals surface area contributed by atoms with Crippen molar-refractivity contribution >= 4 is 35.2 Å². The lowest BCUT2D eigenvalue weighted by Gasteiger charge is -2.32. The Morgan fingerprint density at radius 2 is 1.66 bits per heavy atom. The number of esters is 3. The Morgan fingerprint density at radius 3 is 2.20 bits per heavy atom. The molecule has 1 aromatic carbocycles. The molecule has 1 unspecified atom stereocenters. The fraction of sp³-hybridized carbons (Fsp3) is 0.552. The van der Waals surface area contributed by atoms with Crippen LogP contribution >= 0.6 is 0 Å². The summed E-state index contributed by atoms with van der Waals surface area (Å²) in [5.41, 5.74) is -0.894. The third-order valence-electron chi connectivity index (χ3n) is 6.02. The van der Waals surface area contributed by atoms with Gasteiger partial charge in [0, 0.05) is 41.5 Å². The van der Waals surface area contributed by atoms with E-state index in [1.165, 1.54) is 25.3 Å². The van der Waals surface area contributed by atoms with Crippen molar-refractivity contribution in [2.75, 3.05) is 7.11 Å². The molecule has 1 aromatic rings. The van der Waals surface area contributed by atoms with E-state index in [0.29, 0.717) is 11.3 Å². The van der Waals surface area contributed by atoms with Crippen LogP contribution in [0, 0.1) is 16.0 Å². The maximum absolute atomic E-state index is 13.9. The normalized spacial score (nSPS) is 18.1. The number of ether oxygens (including phenoxy) is 3. The Hall–Kier alpha value is -4.09. The number of hydrogen-bond acceptors (Lipinski definition) is 10. The van der Waals surface area contributed by atoms with Gasteiger partial charge in [0.1, 0.15) is 23.2 Å². The molecule has 0 saturated heterocycles. The molecule has 1 amide bonds. The molecule has 0 radical (unpaired) electrons. The smallest absolute Gasteiger partial charge is 0.329 e. The van der Waals surface area contributed by atoms with E-state index in [0.717, 1.165) is 0 Å². The van der Waals surface area contributed by atoms with Crippen molar-refractivity contribution in [3.63, 3.8) is 0 Å². The number of nitro groups is 1. The van der Waals surface area contributed by atoms with Gasteiger partial charge in [0.2, 0.25) is 5.91 Å². The van der Waals surface area contributed by atoms with Crippen molar-refractivity contribution < 1.29 is 38.3 Å². The van der Waals surface area contributed by atoms with Crippen LogP contribution in [0.25, 0.3) is 0 Å². The standard InChI is InChI=1S/C29H39N3O9/c1-16-22(24(23(17(2)30-16)27(36)39-9)18-11-10-12-19(15-18)32(37)38)25(34)31-20(26(35)41-29(6,7)8)13-14-21(33)40-28(3,4)5/h10-12,15,20,23-24H,13-14H2,1-9H3,(H,31,34)/t20-,23?,24+/m0/s1. The van der Waals surface area contributed by atoms with Gasteiger partial charge in [-0.05, 0) is 67.4 Å². The zero-order valence-electron chi connectivity index (χ0n) is 25.0. The van der Waals surface area contributed by atoms with Crippen LogP contribution in [-0.2, 0) is 33.4 Å². The molecule has 3 atom stereocenters. The van der Waals surface area contributed by atoms with Crippen molar-refractivity contribution in [2.45, 2.75) is 91.4 Å². The highest BCUT2D eigenvalue weighted by Crippen LogP contribution is 2.40. The average molecular weight is 574 g/mol. The number of aliphatic imine (C=N–C) groups is 1. The molecule has 0 bridgehead atoms. The molecule has 224 valence electrons. The molecule has 1 aliphatic heterocycles. The molecule has 41 heavy (non-hydrogen) atoms. The summed E-state index contributed by atoms with van der Waals surface area (Å²) in [6, 6.07) is 4.36. The molecular formula is C29H39N3O9. The summed E-state index contributed by atoms with van der Waals surface area (Å²) in [5.74, 6) is -4.83. The molecule has 1 N–H and O–H groups in total. The molecule has 2 rings (SSSR count). The number of rotatable bonds is 9. The molecule has 12 heteroatoms. The SMILES string of the molecule is COC(=O)C1C(C)=NC(C)=C(C(=O)N[C@@H](CCC(=O)OC(C)(C)C)C(=O)OC(C)(C)C)[C@H]1c1cccc([N+](=O)[O-])c1. The van der Waals surface area contributed by atoms with Crippen molar-refractivity contribution in [2.24, 2.45) is 10.9 Å². The van der Waals surface area contributed by atoms with Gasteiger partial charge in [-0.25, -0.2) is 4.79 Å². The Kier molecular flexibility index (Phi) is 10.5. The van der Waals surface area contributed by atoms with Gasteiger partial charge in [-0.1, -0.05) is 12.1 Å². The number of carbonyl (C=O) groups excluding carboxylic acids is 4. The number of carbonyl (C=O) groups is 4. The molecule has 0 saturated carbocycles. The van der Waals surface area contributed by atoms with Crippen LogP contribution in [0.1, 0.15) is 79.7 Å². The Morgan fingerprint density at radius 1 is 1.05 bits per heavy atom. The van der Waals surface area contributed by atoms with E-state index >= 15 is 0 Å². The van der Waals surface area contributed by atoms with Crippen LogP contribution < -0.4 is 5.32 Å². The summed E-state index contributed by atoms with van der Waals surface area (Å²) in [5, 5.41) is 14.2. The predicted molar refractivity (Wildman–Crippen MR) is 150 cm³/mol. The second kappa shape index (κ2) is 13.0. The number of nitrogens with one attached hydrogen (secondary N) is 1. The first-order valence-corrected chi connectivity index (χ1v) is 13.2. The number of benzene rings is 1. The molecular weight excluding hydrogens is 534 g/mol. The second-order valence-corrected chi connectivity index (χ2v) is 11.8. The number of non-ortho nitro benzene ring substituents is 1. The van der Waals surface area contributed by atoms with E-state index in [9.17, 15) is 29.3 Å². The highest BCUT2D eigenvalue weighted by atomic mass is 16.6. The summed E-state index contributed by atoms with van der Waals surface area (Å²) >= 11 is 0. The fourth-order valence-electron chi connectivity index (χ4n) is 4.47. The molecule has 1 aliphatic rings. The van der Waals surface area contributed by atoms with Crippen molar-refractivity contribution in [1.29, 1.82) is 0 Å². The van der Waals surface area contributed by atoms with Crippen LogP contribution in [0.4, 0.5) is 5.69 Å². The maximum atomic E-state index is 13.9. The number of hydrogen-bond donors (Lipinski definition) is 1. The van der Waals surface area contributed by atoms with Crippen molar-refractivity contribution in [3.8, 4) is 0 Å². The van der Waals surface area contributed by atoms with E-state index in [2.05, 4.69) is 10.3 Å². The van der Waals surface area contributed by atoms with E-state index in [1.54, 1.807) is 61.5 Å². The number of amides is 1. The summed E-state index contributed by atoms with van der Waals surface area (Å²) in [6.45, 7) is 13.3. The number of nitrogens with zero attached hydrogens (tertiary/aromatic N) is 2. The topological polar surface area (TPSA) is 164 Å². The Balaban J connectivity index is 2.54. The number of allylic oxidation sites excluding steroid dienone is 1. The number of methoxy groups -OCH3 is 1. The number of nitro benzene ring substituents is 1. The minimum Gasteiger partial charge on any atom is -0.468 e. The van der Waals surface area contributed by atoms with Gasteiger partial charge in [0.05, 0.1) is 12.0 Å². The predicted octanol–water partition coefficient (Wildman–Crippen LogP) is 4.16. The summed E-state index contributed by atoms with van der Waals surface area (Å²) in [7, 11) is 1.19. The molecule has 12 nitrogen and oxygen atoms in total. The van der Waals surface area contributed by atoms with E-state index in [4.69, 9.17) is 14.2 Å². The van der Waals surface area contributed by atoms with Gasteiger partial charge >= 0.3 is 17.9 Å². The monoisotopic (exact) mass is 573 g/mol. The minimum atomic E-state index is -1.25. The maximum Gasteiger partial charge on any atom is 0.329 e. The van der Waals surface area contributed by atoms with E-state index in [-0.39, 0.29) is 29.8 Å². The summed E-state index contributed by atoms with van der Waals surface area (Å²) < 4.78 is 15.8. The van der Waals surface area contributed by atoms with Crippen LogP contribution in [0.15, 0.2) is 40.5 Å². The first-order valence-electron chi connectivity index (χ1n) is 13.2. The minimum absolute atomic E-state index is 0.0253. The first-order chi connectivity index (χ1) is 18.8. The Bertz CT molecular complexity index is 1270. The van der Waals surface area contributed by atoms with Gasteiger partial charge in [-0.3, -0.25) is 29.5 Å². The summed E-state index contributed by atoms with van der Waals surface area (Å²) in [4.78, 5) is 67.7. The van der Waals surface area contributed by atoms with Gasteiger partial charge in [0.15, 0.2) is 0 Å². The van der Waals surface area contributed by atoms with E-state index < -0.39 is 57.8 Å². The zero-order valence-corrected chi connectivity index (χ0v) is 25.0. The van der Waals surface area contributed by atoms with E-state index in [1.807, 2.05) is 0 Å². The fourth-order valence-corrected chi connectivity index (χ4v) is 4.47. The van der Waals surface area contributed by atoms with Crippen LogP contribution in [0.5, 0.6) is 0 Å². The Labute approximate surface area is 239 Å². The molecule has 0 aromatic heterocycles. The molecule has 0 spiro atoms. The molecule has 0 fully saturated rings. The second-order valence-electron chi connectivity index (χ2n) is 11.8. The third kappa shape index (κ3) is 9.22. The first kappa shape index (κ1) is 33.1. The van der Waals surface area contributed by atoms with Gasteiger partial charge < -0.3 is 19.5 Å². The van der Waals surface area contributed by atoms with Gasteiger partial charge in [0.25, 0.3) is 5.69 Å². The molecule has 0 aliphatic carbocycles. The van der Waals surface area contributed by atoms with Gasteiger partial charge in [-0.15, -0.1) is 0 Å². The largest absolute Gasteiger partial charge is 0.468 e. The lowest BCUT2D eigenvalue weighted by Crippen LogP contribution is -2.47. The highest BCUT2D eigenvalue weighted by molar-refractivity contribution is 6.08. The average Bonchev–Trinajstić information content (AvgIpc) is 2.83. The summed E-state index contributed by atoms with van der Waals surface area (Å²) in [6.07, 6.45) is -0.304.